The molecule has 1 amide bonds. The van der Waals surface area contributed by atoms with Crippen LogP contribution >= 0.6 is 11.6 Å². The van der Waals surface area contributed by atoms with Crippen molar-refractivity contribution in [3.8, 4) is 11.8 Å². The summed E-state index contributed by atoms with van der Waals surface area (Å²) in [6.07, 6.45) is 7.84. The number of nitrogens with zero attached hydrogens (tertiary/aromatic N) is 6. The van der Waals surface area contributed by atoms with Crippen molar-refractivity contribution >= 4 is 34.8 Å². The van der Waals surface area contributed by atoms with Crippen molar-refractivity contribution in [2.24, 2.45) is 0 Å². The third kappa shape index (κ3) is 8.65. The van der Waals surface area contributed by atoms with E-state index in [1.807, 2.05) is 42.1 Å². The first-order chi connectivity index (χ1) is 21.4. The van der Waals surface area contributed by atoms with Crippen LogP contribution in [0.3, 0.4) is 0 Å². The van der Waals surface area contributed by atoms with Crippen molar-refractivity contribution in [1.82, 2.24) is 29.5 Å². The van der Waals surface area contributed by atoms with Crippen molar-refractivity contribution in [3.63, 3.8) is 0 Å². The van der Waals surface area contributed by atoms with E-state index in [-0.39, 0.29) is 5.91 Å². The summed E-state index contributed by atoms with van der Waals surface area (Å²) in [5.41, 5.74) is 5.39. The van der Waals surface area contributed by atoms with Gasteiger partial charge in [0, 0.05) is 93.4 Å². The second-order valence-corrected chi connectivity index (χ2v) is 11.3. The van der Waals surface area contributed by atoms with E-state index in [0.717, 1.165) is 68.1 Å². The Bertz CT molecular complexity index is 1640. The number of likely N-dealkylation sites (N-methyl/N-ethyl adjacent to an activating group) is 1. The molecule has 0 spiro atoms. The fraction of sp³-hybridized carbons (Fsp3) is 0.333. The van der Waals surface area contributed by atoms with Gasteiger partial charge >= 0.3 is 0 Å². The molecule has 2 aromatic carbocycles. The maximum absolute atomic E-state index is 13.1. The molecule has 1 aliphatic heterocycles. The maximum atomic E-state index is 13.1. The number of amides is 1. The monoisotopic (exact) mass is 612 g/mol. The van der Waals surface area contributed by atoms with Crippen molar-refractivity contribution in [1.29, 1.82) is 0 Å². The zero-order valence-corrected chi connectivity index (χ0v) is 26.1. The molecule has 228 valence electrons. The first-order valence-electron chi connectivity index (χ1n) is 14.6. The molecule has 4 aromatic rings. The maximum Gasteiger partial charge on any atom is 0.255 e. The van der Waals surface area contributed by atoms with Gasteiger partial charge in [0.25, 0.3) is 5.91 Å². The predicted octanol–water partition coefficient (Wildman–Crippen LogP) is 4.81. The number of aromatic nitrogens is 4. The number of piperazine rings is 1. The van der Waals surface area contributed by atoms with E-state index in [1.54, 1.807) is 37.8 Å². The van der Waals surface area contributed by atoms with Crippen molar-refractivity contribution in [3.05, 3.63) is 94.0 Å². The van der Waals surface area contributed by atoms with Crippen LogP contribution in [0.4, 0.5) is 17.3 Å². The molecule has 2 aromatic heterocycles. The van der Waals surface area contributed by atoms with Crippen LogP contribution in [0.1, 0.15) is 39.0 Å². The molecule has 1 fully saturated rings. The Balaban J connectivity index is 1.18. The molecule has 0 unspecified atom stereocenters. The number of benzene rings is 2. The van der Waals surface area contributed by atoms with Crippen LogP contribution in [0.5, 0.6) is 0 Å². The topological polar surface area (TPSA) is 100 Å². The SMILES string of the molecule is COCCCn1cc(Nc2ncc(C#Cc3cc(C(=O)Nc4ccc(CN5CCN(C)CC5)c(Cl)c4)ccc3C)cn2)cn1. The van der Waals surface area contributed by atoms with Gasteiger partial charge in [-0.2, -0.15) is 5.10 Å². The minimum Gasteiger partial charge on any atom is -0.385 e. The number of methoxy groups -OCH3 is 1. The van der Waals surface area contributed by atoms with Crippen LogP contribution in [0.15, 0.2) is 61.2 Å². The van der Waals surface area contributed by atoms with E-state index < -0.39 is 0 Å². The van der Waals surface area contributed by atoms with E-state index in [2.05, 4.69) is 54.4 Å². The van der Waals surface area contributed by atoms with Gasteiger partial charge in [0.2, 0.25) is 5.95 Å². The number of carbonyl (C=O) groups is 1. The van der Waals surface area contributed by atoms with Crippen molar-refractivity contribution in [2.75, 3.05) is 57.6 Å². The van der Waals surface area contributed by atoms with E-state index >= 15 is 0 Å². The average Bonchev–Trinajstić information content (AvgIpc) is 3.47. The zero-order chi connectivity index (χ0) is 30.9. The number of anilines is 3. The van der Waals surface area contributed by atoms with Crippen LogP contribution in [-0.4, -0.2) is 82.4 Å². The number of halogens is 1. The number of hydrogen-bond donors (Lipinski definition) is 2. The summed E-state index contributed by atoms with van der Waals surface area (Å²) in [4.78, 5) is 26.6. The Morgan fingerprint density at radius 1 is 1.02 bits per heavy atom. The largest absolute Gasteiger partial charge is 0.385 e. The summed E-state index contributed by atoms with van der Waals surface area (Å²) in [6.45, 7) is 8.35. The minimum absolute atomic E-state index is 0.225. The molecule has 2 N–H and O–H groups in total. The Morgan fingerprint density at radius 3 is 2.57 bits per heavy atom. The molecule has 0 saturated carbocycles. The molecular weight excluding hydrogens is 576 g/mol. The normalized spacial score (nSPS) is 13.7. The van der Waals surface area contributed by atoms with Crippen LogP contribution < -0.4 is 10.6 Å². The summed E-state index contributed by atoms with van der Waals surface area (Å²) in [7, 11) is 3.83. The lowest BCUT2D eigenvalue weighted by molar-refractivity contribution is 0.102. The summed E-state index contributed by atoms with van der Waals surface area (Å²) < 4.78 is 6.93. The molecule has 3 heterocycles. The Kier molecular flexibility index (Phi) is 10.6. The summed E-state index contributed by atoms with van der Waals surface area (Å²) in [5, 5.41) is 11.1. The first-order valence-corrected chi connectivity index (χ1v) is 15.0. The van der Waals surface area contributed by atoms with Gasteiger partial charge in [-0.05, 0) is 55.8 Å². The van der Waals surface area contributed by atoms with Crippen LogP contribution in [0.25, 0.3) is 0 Å². The fourth-order valence-corrected chi connectivity index (χ4v) is 4.99. The third-order valence-electron chi connectivity index (χ3n) is 7.42. The molecule has 10 nitrogen and oxygen atoms in total. The number of carbonyl (C=O) groups excluding carboxylic acids is 1. The highest BCUT2D eigenvalue weighted by Crippen LogP contribution is 2.24. The van der Waals surface area contributed by atoms with Crippen LogP contribution in [-0.2, 0) is 17.8 Å². The lowest BCUT2D eigenvalue weighted by atomic mass is 10.0. The Hall–Kier alpha value is -4.27. The third-order valence-corrected chi connectivity index (χ3v) is 7.77. The predicted molar refractivity (Wildman–Crippen MR) is 173 cm³/mol. The molecule has 0 bridgehead atoms. The number of ether oxygens (including phenoxy) is 1. The molecule has 5 rings (SSSR count). The number of rotatable bonds is 10. The molecule has 1 saturated heterocycles. The van der Waals surface area contributed by atoms with Gasteiger partial charge in [-0.1, -0.05) is 35.6 Å². The van der Waals surface area contributed by atoms with Gasteiger partial charge < -0.3 is 20.3 Å². The summed E-state index contributed by atoms with van der Waals surface area (Å²) in [6, 6.07) is 11.2. The smallest absolute Gasteiger partial charge is 0.255 e. The molecule has 0 atom stereocenters. The van der Waals surface area contributed by atoms with Gasteiger partial charge in [0.1, 0.15) is 0 Å². The molecule has 0 radical (unpaired) electrons. The summed E-state index contributed by atoms with van der Waals surface area (Å²) >= 11 is 6.60. The number of aryl methyl sites for hydroxylation is 2. The van der Waals surface area contributed by atoms with E-state index in [1.165, 1.54) is 0 Å². The molecule has 1 aliphatic rings. The highest BCUT2D eigenvalue weighted by Gasteiger charge is 2.16. The number of hydrogen-bond acceptors (Lipinski definition) is 8. The van der Waals surface area contributed by atoms with Crippen molar-refractivity contribution in [2.45, 2.75) is 26.4 Å². The van der Waals surface area contributed by atoms with Gasteiger partial charge in [-0.25, -0.2) is 9.97 Å². The minimum atomic E-state index is -0.225. The number of nitrogens with one attached hydrogen (secondary N) is 2. The van der Waals surface area contributed by atoms with Gasteiger partial charge in [0.15, 0.2) is 0 Å². The lowest BCUT2D eigenvalue weighted by Gasteiger charge is -2.32. The second kappa shape index (κ2) is 14.9. The van der Waals surface area contributed by atoms with Gasteiger partial charge in [-0.15, -0.1) is 0 Å². The van der Waals surface area contributed by atoms with Crippen LogP contribution in [0.2, 0.25) is 5.02 Å². The summed E-state index contributed by atoms with van der Waals surface area (Å²) in [5.74, 6) is 6.49. The van der Waals surface area contributed by atoms with Crippen LogP contribution in [0, 0.1) is 18.8 Å². The highest BCUT2D eigenvalue weighted by molar-refractivity contribution is 6.31. The molecule has 44 heavy (non-hydrogen) atoms. The standard InChI is InChI=1S/C33H37ClN8O2/c1-24-5-7-27(32(43)38-29-10-9-28(31(34)18-29)22-41-14-12-40(2)13-15-41)17-26(24)8-6-25-19-35-33(36-20-25)39-30-21-37-42(23-30)11-4-16-44-3/h5,7,9-10,17-21,23H,4,11-16,22H2,1-3H3,(H,38,43)(H,35,36,39). The zero-order valence-electron chi connectivity index (χ0n) is 25.3. The molecular formula is C33H37ClN8O2. The highest BCUT2D eigenvalue weighted by atomic mass is 35.5. The van der Waals surface area contributed by atoms with E-state index in [9.17, 15) is 4.79 Å². The molecule has 0 aliphatic carbocycles. The Morgan fingerprint density at radius 2 is 1.82 bits per heavy atom. The van der Waals surface area contributed by atoms with Gasteiger partial charge in [0.05, 0.1) is 17.4 Å². The lowest BCUT2D eigenvalue weighted by Crippen LogP contribution is -2.43. The van der Waals surface area contributed by atoms with Crippen molar-refractivity contribution < 1.29 is 9.53 Å². The second-order valence-electron chi connectivity index (χ2n) is 10.9. The molecule has 11 heteroatoms. The van der Waals surface area contributed by atoms with Gasteiger partial charge in [-0.3, -0.25) is 14.4 Å². The van der Waals surface area contributed by atoms with E-state index in [4.69, 9.17) is 16.3 Å². The fourth-order valence-electron chi connectivity index (χ4n) is 4.75. The first kappa shape index (κ1) is 31.2. The quantitative estimate of drug-likeness (QED) is 0.194. The average molecular weight is 613 g/mol. The van der Waals surface area contributed by atoms with E-state index in [0.29, 0.717) is 34.4 Å². The Labute approximate surface area is 263 Å².